The molecule has 2 heterocycles. The van der Waals surface area contributed by atoms with Crippen LogP contribution < -0.4 is 16.1 Å². The smallest absolute Gasteiger partial charge is 0.422 e. The van der Waals surface area contributed by atoms with E-state index in [1.165, 1.54) is 37.8 Å². The largest absolute Gasteiger partial charge is 0.448 e. The van der Waals surface area contributed by atoms with Crippen LogP contribution in [-0.4, -0.2) is 35.3 Å². The SMILES string of the molecule is CCCCC1CCN(c2ccc(CCOC(=O)n3cc(F)c(=O)[nH]c3=O)cc2)CC1. The lowest BCUT2D eigenvalue weighted by atomic mass is 9.91. The van der Waals surface area contributed by atoms with Gasteiger partial charge in [-0.3, -0.25) is 9.78 Å². The van der Waals surface area contributed by atoms with Crippen LogP contribution in [-0.2, 0) is 11.2 Å². The first-order chi connectivity index (χ1) is 14.5. The molecule has 0 aliphatic carbocycles. The maximum Gasteiger partial charge on any atom is 0.422 e. The van der Waals surface area contributed by atoms with E-state index < -0.39 is 23.2 Å². The van der Waals surface area contributed by atoms with Gasteiger partial charge in [-0.15, -0.1) is 0 Å². The summed E-state index contributed by atoms with van der Waals surface area (Å²) in [4.78, 5) is 38.6. The Bertz CT molecular complexity index is 960. The van der Waals surface area contributed by atoms with Gasteiger partial charge in [0, 0.05) is 25.2 Å². The Balaban J connectivity index is 1.47. The van der Waals surface area contributed by atoms with E-state index in [0.29, 0.717) is 17.2 Å². The van der Waals surface area contributed by atoms with Crippen molar-refractivity contribution in [2.75, 3.05) is 24.6 Å². The highest BCUT2D eigenvalue weighted by Gasteiger charge is 2.19. The van der Waals surface area contributed by atoms with Gasteiger partial charge in [0.1, 0.15) is 0 Å². The Hall–Kier alpha value is -2.90. The lowest BCUT2D eigenvalue weighted by Crippen LogP contribution is -2.35. The molecule has 8 heteroatoms. The predicted octanol–water partition coefficient (Wildman–Crippen LogP) is 3.31. The van der Waals surface area contributed by atoms with Gasteiger partial charge in [-0.1, -0.05) is 38.3 Å². The summed E-state index contributed by atoms with van der Waals surface area (Å²) in [5.41, 5.74) is -0.0205. The average Bonchev–Trinajstić information content (AvgIpc) is 2.75. The van der Waals surface area contributed by atoms with E-state index in [0.717, 1.165) is 24.6 Å². The molecule has 1 saturated heterocycles. The third kappa shape index (κ3) is 5.58. The van der Waals surface area contributed by atoms with Crippen molar-refractivity contribution in [3.63, 3.8) is 0 Å². The summed E-state index contributed by atoms with van der Waals surface area (Å²) < 4.78 is 18.7. The van der Waals surface area contributed by atoms with Crippen molar-refractivity contribution in [3.8, 4) is 0 Å². The van der Waals surface area contributed by atoms with Crippen LogP contribution in [0.4, 0.5) is 14.9 Å². The average molecular weight is 417 g/mol. The number of aromatic amines is 1. The van der Waals surface area contributed by atoms with Gasteiger partial charge in [0.2, 0.25) is 5.82 Å². The summed E-state index contributed by atoms with van der Waals surface area (Å²) >= 11 is 0. The van der Waals surface area contributed by atoms with Gasteiger partial charge in [0.05, 0.1) is 12.8 Å². The zero-order valence-electron chi connectivity index (χ0n) is 17.2. The van der Waals surface area contributed by atoms with Crippen LogP contribution in [0.1, 0.15) is 44.6 Å². The fraction of sp³-hybridized carbons (Fsp3) is 0.500. The minimum absolute atomic E-state index is 0.0359. The number of nitrogens with one attached hydrogen (secondary N) is 1. The van der Waals surface area contributed by atoms with Crippen molar-refractivity contribution < 1.29 is 13.9 Å². The number of hydrogen-bond donors (Lipinski definition) is 1. The molecule has 7 nitrogen and oxygen atoms in total. The number of benzene rings is 1. The molecular formula is C22H28FN3O4. The molecule has 0 unspecified atom stereocenters. The number of aromatic nitrogens is 2. The highest BCUT2D eigenvalue weighted by atomic mass is 19.1. The Morgan fingerprint density at radius 1 is 1.20 bits per heavy atom. The first-order valence-electron chi connectivity index (χ1n) is 10.5. The third-order valence-corrected chi connectivity index (χ3v) is 5.59. The molecule has 30 heavy (non-hydrogen) atoms. The third-order valence-electron chi connectivity index (χ3n) is 5.59. The molecule has 1 aromatic carbocycles. The van der Waals surface area contributed by atoms with Crippen LogP contribution >= 0.6 is 0 Å². The summed E-state index contributed by atoms with van der Waals surface area (Å²) in [5.74, 6) is -0.380. The Kier molecular flexibility index (Phi) is 7.43. The molecule has 1 aliphatic rings. The topological polar surface area (TPSA) is 84.4 Å². The van der Waals surface area contributed by atoms with E-state index in [1.54, 1.807) is 4.98 Å². The molecule has 0 bridgehead atoms. The summed E-state index contributed by atoms with van der Waals surface area (Å²) in [7, 11) is 0. The Morgan fingerprint density at radius 2 is 1.90 bits per heavy atom. The molecule has 0 spiro atoms. The minimum Gasteiger partial charge on any atom is -0.448 e. The van der Waals surface area contributed by atoms with Gasteiger partial charge in [0.15, 0.2) is 0 Å². The molecule has 0 atom stereocenters. The van der Waals surface area contributed by atoms with Crippen molar-refractivity contribution in [2.45, 2.75) is 45.4 Å². The number of unbranched alkanes of at least 4 members (excludes halogenated alkanes) is 1. The quantitative estimate of drug-likeness (QED) is 0.747. The fourth-order valence-corrected chi connectivity index (χ4v) is 3.76. The number of carbonyl (C=O) groups excluding carboxylic acids is 1. The Morgan fingerprint density at radius 3 is 2.57 bits per heavy atom. The van der Waals surface area contributed by atoms with Crippen molar-refractivity contribution >= 4 is 11.8 Å². The monoisotopic (exact) mass is 417 g/mol. The van der Waals surface area contributed by atoms with Gasteiger partial charge in [0.25, 0.3) is 5.56 Å². The van der Waals surface area contributed by atoms with Crippen LogP contribution in [0.5, 0.6) is 0 Å². The summed E-state index contributed by atoms with van der Waals surface area (Å²) in [6.45, 7) is 4.43. The van der Waals surface area contributed by atoms with Gasteiger partial charge in [-0.25, -0.2) is 14.2 Å². The van der Waals surface area contributed by atoms with E-state index in [4.69, 9.17) is 4.74 Å². The molecule has 0 radical (unpaired) electrons. The number of nitrogens with zero attached hydrogens (tertiary/aromatic N) is 2. The van der Waals surface area contributed by atoms with Crippen LogP contribution in [0.2, 0.25) is 0 Å². The fourth-order valence-electron chi connectivity index (χ4n) is 3.76. The number of ether oxygens (including phenoxy) is 1. The van der Waals surface area contributed by atoms with Crippen LogP contribution in [0.25, 0.3) is 0 Å². The first kappa shape index (κ1) is 21.8. The number of rotatable bonds is 7. The number of anilines is 1. The maximum absolute atomic E-state index is 13.3. The van der Waals surface area contributed by atoms with Crippen LogP contribution in [0.3, 0.4) is 0 Å². The zero-order valence-corrected chi connectivity index (χ0v) is 17.2. The molecule has 1 aliphatic heterocycles. The second-order valence-corrected chi connectivity index (χ2v) is 7.71. The molecule has 0 saturated carbocycles. The highest BCUT2D eigenvalue weighted by molar-refractivity contribution is 5.69. The van der Waals surface area contributed by atoms with Crippen LogP contribution in [0.15, 0.2) is 40.1 Å². The number of piperidine rings is 1. The predicted molar refractivity (Wildman–Crippen MR) is 113 cm³/mol. The molecular weight excluding hydrogens is 389 g/mol. The highest BCUT2D eigenvalue weighted by Crippen LogP contribution is 2.26. The lowest BCUT2D eigenvalue weighted by molar-refractivity contribution is 0.147. The molecule has 1 aromatic heterocycles. The van der Waals surface area contributed by atoms with E-state index >= 15 is 0 Å². The van der Waals surface area contributed by atoms with Crippen molar-refractivity contribution in [1.82, 2.24) is 9.55 Å². The maximum atomic E-state index is 13.3. The zero-order chi connectivity index (χ0) is 21.5. The number of halogens is 1. The molecule has 2 aromatic rings. The second-order valence-electron chi connectivity index (χ2n) is 7.71. The van der Waals surface area contributed by atoms with E-state index in [-0.39, 0.29) is 6.61 Å². The second kappa shape index (κ2) is 10.2. The van der Waals surface area contributed by atoms with E-state index in [9.17, 15) is 18.8 Å². The van der Waals surface area contributed by atoms with E-state index in [2.05, 4.69) is 24.0 Å². The van der Waals surface area contributed by atoms with E-state index in [1.807, 2.05) is 12.1 Å². The van der Waals surface area contributed by atoms with Crippen molar-refractivity contribution in [1.29, 1.82) is 0 Å². The molecule has 162 valence electrons. The summed E-state index contributed by atoms with van der Waals surface area (Å²) in [5, 5.41) is 0. The standard InChI is InChI=1S/C22H28FN3O4/c1-2-3-4-16-9-12-25(13-10-16)18-7-5-17(6-8-18)11-14-30-22(29)26-15-19(23)20(27)24-21(26)28/h5-8,15-16H,2-4,9-14H2,1H3,(H,24,27,28). The molecule has 1 N–H and O–H groups in total. The molecule has 1 fully saturated rings. The normalized spacial score (nSPS) is 14.7. The van der Waals surface area contributed by atoms with Gasteiger partial charge in [-0.2, -0.15) is 4.39 Å². The van der Waals surface area contributed by atoms with Gasteiger partial charge >= 0.3 is 11.8 Å². The van der Waals surface area contributed by atoms with Gasteiger partial charge < -0.3 is 9.64 Å². The summed E-state index contributed by atoms with van der Waals surface area (Å²) in [6.07, 6.45) is 6.35. The number of carbonyl (C=O) groups is 1. The summed E-state index contributed by atoms with van der Waals surface area (Å²) in [6, 6.07) is 8.15. The molecule has 3 rings (SSSR count). The number of H-pyrrole nitrogens is 1. The first-order valence-corrected chi connectivity index (χ1v) is 10.5. The number of hydrogen-bond acceptors (Lipinski definition) is 5. The lowest BCUT2D eigenvalue weighted by Gasteiger charge is -2.33. The van der Waals surface area contributed by atoms with Crippen molar-refractivity contribution in [2.24, 2.45) is 5.92 Å². The minimum atomic E-state index is -1.23. The van der Waals surface area contributed by atoms with Gasteiger partial charge in [-0.05, 0) is 36.5 Å². The molecule has 0 amide bonds. The van der Waals surface area contributed by atoms with Crippen LogP contribution in [0, 0.1) is 11.7 Å². The van der Waals surface area contributed by atoms with Crippen molar-refractivity contribution in [3.05, 3.63) is 62.7 Å². The Labute approximate surface area is 174 Å².